The summed E-state index contributed by atoms with van der Waals surface area (Å²) in [7, 11) is 0.995. The predicted octanol–water partition coefficient (Wildman–Crippen LogP) is 5.24. The van der Waals surface area contributed by atoms with Gasteiger partial charge in [-0.25, -0.2) is 9.88 Å². The third kappa shape index (κ3) is 6.46. The highest BCUT2D eigenvalue weighted by Crippen LogP contribution is 2.48. The molecule has 3 heterocycles. The van der Waals surface area contributed by atoms with Crippen molar-refractivity contribution in [2.45, 2.75) is 58.9 Å². The van der Waals surface area contributed by atoms with Crippen LogP contribution in [0.5, 0.6) is 5.75 Å². The van der Waals surface area contributed by atoms with Gasteiger partial charge in [0.15, 0.2) is 6.29 Å². The van der Waals surface area contributed by atoms with Gasteiger partial charge in [-0.1, -0.05) is 59.9 Å². The van der Waals surface area contributed by atoms with Crippen molar-refractivity contribution in [1.29, 1.82) is 0 Å². The Morgan fingerprint density at radius 2 is 1.81 bits per heavy atom. The predicted molar refractivity (Wildman–Crippen MR) is 163 cm³/mol. The average Bonchev–Trinajstić information content (AvgIpc) is 3.55. The lowest BCUT2D eigenvalue weighted by atomic mass is 9.96. The smallest absolute Gasteiger partial charge is 0.387 e. The highest BCUT2D eigenvalue weighted by atomic mass is 31.1. The quantitative estimate of drug-likeness (QED) is 0.126. The minimum atomic E-state index is -3.18. The highest BCUT2D eigenvalue weighted by molar-refractivity contribution is 7.65. The Bertz CT molecular complexity index is 1550. The van der Waals surface area contributed by atoms with E-state index in [1.165, 1.54) is 25.2 Å². The fraction of sp³-hybridized carbons (Fsp3) is 0.387. The molecule has 2 unspecified atom stereocenters. The largest absolute Gasteiger partial charge is 0.434 e. The van der Waals surface area contributed by atoms with Gasteiger partial charge in [0, 0.05) is 22.9 Å². The fourth-order valence-electron chi connectivity index (χ4n) is 5.57. The molecule has 43 heavy (non-hydrogen) atoms. The summed E-state index contributed by atoms with van der Waals surface area (Å²) in [6, 6.07) is 12.4. The summed E-state index contributed by atoms with van der Waals surface area (Å²) >= 11 is 0. The van der Waals surface area contributed by atoms with Crippen LogP contribution in [0.2, 0.25) is 0 Å². The topological polar surface area (TPSA) is 121 Å². The number of imidazole rings is 1. The lowest BCUT2D eigenvalue weighted by molar-refractivity contribution is -0.396. The molecule has 4 aromatic rings. The van der Waals surface area contributed by atoms with E-state index in [0.717, 1.165) is 33.8 Å². The van der Waals surface area contributed by atoms with Crippen LogP contribution in [0.4, 0.5) is 8.78 Å². The molecule has 12 heteroatoms. The first-order valence-electron chi connectivity index (χ1n) is 14.2. The monoisotopic (exact) mass is 614 g/mol. The summed E-state index contributed by atoms with van der Waals surface area (Å²) in [6.07, 6.45) is 1.42. The van der Waals surface area contributed by atoms with Crippen LogP contribution in [-0.4, -0.2) is 73.1 Å². The number of aliphatic hydroxyl groups is 3. The Morgan fingerprint density at radius 1 is 1.12 bits per heavy atom. The first-order chi connectivity index (χ1) is 20.6. The molecular formula is C31H37F2N4O5P. The van der Waals surface area contributed by atoms with E-state index in [1.807, 2.05) is 50.4 Å². The van der Waals surface area contributed by atoms with E-state index in [2.05, 4.69) is 13.8 Å². The molecule has 2 aromatic carbocycles. The van der Waals surface area contributed by atoms with Crippen LogP contribution in [0.25, 0.3) is 22.2 Å². The van der Waals surface area contributed by atoms with Crippen LogP contribution < -0.4 is 10.2 Å². The van der Waals surface area contributed by atoms with Crippen molar-refractivity contribution in [1.82, 2.24) is 19.4 Å². The number of alkyl halides is 2. The van der Waals surface area contributed by atoms with Gasteiger partial charge in [0.05, 0.1) is 28.6 Å². The summed E-state index contributed by atoms with van der Waals surface area (Å²) in [6.45, 7) is 5.20. The van der Waals surface area contributed by atoms with Crippen LogP contribution in [0, 0.1) is 0 Å². The van der Waals surface area contributed by atoms with Crippen LogP contribution in [0.1, 0.15) is 67.9 Å². The molecule has 2 aromatic heterocycles. The molecule has 0 amide bonds. The number of aldehydes is 1. The second kappa shape index (κ2) is 13.5. The van der Waals surface area contributed by atoms with E-state index in [4.69, 9.17) is 14.7 Å². The Kier molecular flexibility index (Phi) is 10.2. The van der Waals surface area contributed by atoms with Gasteiger partial charge in [0.25, 0.3) is 0 Å². The maximum absolute atomic E-state index is 13.4. The number of fused-ring (bicyclic) bond motifs is 3. The molecule has 0 fully saturated rings. The van der Waals surface area contributed by atoms with Gasteiger partial charge >= 0.3 is 12.7 Å². The second-order valence-corrected chi connectivity index (χ2v) is 12.7. The van der Waals surface area contributed by atoms with Crippen molar-refractivity contribution in [2.75, 3.05) is 19.4 Å². The summed E-state index contributed by atoms with van der Waals surface area (Å²) in [4.78, 5) is 22.4. The molecule has 9 nitrogen and oxygen atoms in total. The third-order valence-electron chi connectivity index (χ3n) is 7.66. The number of ether oxygens (including phenoxy) is 1. The summed E-state index contributed by atoms with van der Waals surface area (Å²) < 4.78 is 33.4. The molecule has 230 valence electrons. The van der Waals surface area contributed by atoms with E-state index < -0.39 is 24.8 Å². The molecule has 5 rings (SSSR count). The second-order valence-electron chi connectivity index (χ2n) is 9.85. The zero-order chi connectivity index (χ0) is 31.5. The average molecular weight is 615 g/mol. The molecule has 0 saturated carbocycles. The normalized spacial score (nSPS) is 16.5. The van der Waals surface area contributed by atoms with Crippen molar-refractivity contribution in [3.8, 4) is 16.9 Å². The molecule has 2 atom stereocenters. The standard InChI is InChI=1S/C29H31F2N4O5P.C2H6/c1-4-41(5-2)25-12-10-18(15-32-25)17-9-11-20-21(13-17)35-22(14-23(27(35)33-20)34(3)29(37,38)39)26-19(16-36)7-6-8-24(26)40-28(30)31;1-2/h6-13,15-16,22-23,28,37-39H,4-5,14H2,1-3H3;1-2H3. The highest BCUT2D eigenvalue weighted by Gasteiger charge is 2.44. The third-order valence-corrected chi connectivity index (χ3v) is 10.1. The van der Waals surface area contributed by atoms with Gasteiger partial charge in [-0.3, -0.25) is 9.78 Å². The Hall–Kier alpha value is -3.34. The number of benzene rings is 2. The molecule has 0 bridgehead atoms. The van der Waals surface area contributed by atoms with Crippen LogP contribution >= 0.6 is 7.92 Å². The van der Waals surface area contributed by atoms with E-state index in [0.29, 0.717) is 23.1 Å². The van der Waals surface area contributed by atoms with Crippen LogP contribution in [0.15, 0.2) is 54.7 Å². The zero-order valence-corrected chi connectivity index (χ0v) is 25.7. The number of aromatic nitrogens is 3. The number of pyridine rings is 1. The van der Waals surface area contributed by atoms with Crippen molar-refractivity contribution in [3.63, 3.8) is 0 Å². The molecule has 0 spiro atoms. The number of carbonyl (C=O) groups is 1. The van der Waals surface area contributed by atoms with Crippen molar-refractivity contribution in [3.05, 3.63) is 71.7 Å². The van der Waals surface area contributed by atoms with E-state index in [1.54, 1.807) is 4.57 Å². The van der Waals surface area contributed by atoms with Crippen molar-refractivity contribution < 1.29 is 33.6 Å². The van der Waals surface area contributed by atoms with Gasteiger partial charge in [-0.15, -0.1) is 0 Å². The Morgan fingerprint density at radius 3 is 2.40 bits per heavy atom. The maximum atomic E-state index is 13.4. The van der Waals surface area contributed by atoms with Crippen molar-refractivity contribution in [2.24, 2.45) is 0 Å². The molecule has 3 N–H and O–H groups in total. The molecule has 0 radical (unpaired) electrons. The van der Waals surface area contributed by atoms with Crippen LogP contribution in [-0.2, 0) is 0 Å². The van der Waals surface area contributed by atoms with Gasteiger partial charge in [0.1, 0.15) is 11.6 Å². The summed E-state index contributed by atoms with van der Waals surface area (Å²) in [5, 5.41) is 29.9. The van der Waals surface area contributed by atoms with E-state index in [-0.39, 0.29) is 31.2 Å². The van der Waals surface area contributed by atoms with E-state index in [9.17, 15) is 28.9 Å². The lowest BCUT2D eigenvalue weighted by Crippen LogP contribution is -2.47. The number of nitrogens with zero attached hydrogens (tertiary/aromatic N) is 4. The SMILES string of the molecule is CC.CCP(CC)c1ccc(-c2ccc3nc4n(c3c2)C(c2c(C=O)cccc2OC(F)F)CC4N(C)C(O)(O)O)cn1. The van der Waals surface area contributed by atoms with Crippen LogP contribution in [0.3, 0.4) is 0 Å². The maximum Gasteiger partial charge on any atom is 0.387 e. The van der Waals surface area contributed by atoms with Crippen molar-refractivity contribution >= 4 is 30.7 Å². The number of halogens is 2. The van der Waals surface area contributed by atoms with Gasteiger partial charge in [-0.05, 0) is 55.6 Å². The molecule has 1 aliphatic heterocycles. The van der Waals surface area contributed by atoms with Gasteiger partial charge in [0.2, 0.25) is 0 Å². The number of hydrogen-bond acceptors (Lipinski definition) is 8. The zero-order valence-electron chi connectivity index (χ0n) is 24.8. The fourth-order valence-corrected chi connectivity index (χ4v) is 7.18. The Balaban J connectivity index is 0.00000207. The number of hydrogen-bond donors (Lipinski definition) is 3. The molecule has 1 aliphatic rings. The minimum absolute atomic E-state index is 0.0840. The Labute approximate surface area is 250 Å². The first-order valence-corrected chi connectivity index (χ1v) is 15.9. The van der Waals surface area contributed by atoms with Gasteiger partial charge in [-0.2, -0.15) is 8.78 Å². The lowest BCUT2D eigenvalue weighted by Gasteiger charge is -2.30. The van der Waals surface area contributed by atoms with Gasteiger partial charge < -0.3 is 24.6 Å². The molecular weight excluding hydrogens is 577 g/mol. The minimum Gasteiger partial charge on any atom is -0.434 e. The first kappa shape index (κ1) is 32.6. The number of carbonyl (C=O) groups excluding carboxylic acids is 1. The molecule has 0 saturated heterocycles. The van der Waals surface area contributed by atoms with E-state index >= 15 is 0 Å². The summed E-state index contributed by atoms with van der Waals surface area (Å²) in [5.74, 6) is 0.188. The number of rotatable bonds is 10. The molecule has 0 aliphatic carbocycles. The summed E-state index contributed by atoms with van der Waals surface area (Å²) in [5.41, 5.74) is 4.37.